The zero-order valence-corrected chi connectivity index (χ0v) is 11.1. The third kappa shape index (κ3) is 4.04. The van der Waals surface area contributed by atoms with Crippen LogP contribution < -0.4 is 4.74 Å². The van der Waals surface area contributed by atoms with Crippen LogP contribution in [0.5, 0.6) is 5.75 Å². The van der Waals surface area contributed by atoms with Gasteiger partial charge in [-0.05, 0) is 38.0 Å². The first-order valence-electron chi connectivity index (χ1n) is 6.19. The second kappa shape index (κ2) is 7.01. The molecule has 0 radical (unpaired) electrons. The van der Waals surface area contributed by atoms with Gasteiger partial charge in [0.1, 0.15) is 5.75 Å². The van der Waals surface area contributed by atoms with Gasteiger partial charge in [-0.3, -0.25) is 0 Å². The largest absolute Gasteiger partial charge is 0.479 e. The number of aliphatic hydroxyl groups is 1. The van der Waals surface area contributed by atoms with Gasteiger partial charge in [0.2, 0.25) is 0 Å². The third-order valence-electron chi connectivity index (χ3n) is 2.58. The van der Waals surface area contributed by atoms with Gasteiger partial charge in [0.15, 0.2) is 6.10 Å². The van der Waals surface area contributed by atoms with Crippen molar-refractivity contribution in [3.63, 3.8) is 0 Å². The predicted octanol–water partition coefficient (Wildman–Crippen LogP) is 2.46. The van der Waals surface area contributed by atoms with Crippen LogP contribution in [-0.4, -0.2) is 23.8 Å². The Balaban J connectivity index is 2.60. The molecular formula is C14H20O4. The molecule has 0 saturated heterocycles. The van der Waals surface area contributed by atoms with E-state index in [0.29, 0.717) is 18.8 Å². The molecule has 4 nitrogen and oxygen atoms in total. The molecule has 1 unspecified atom stereocenters. The van der Waals surface area contributed by atoms with Crippen molar-refractivity contribution in [1.29, 1.82) is 0 Å². The molecular weight excluding hydrogens is 232 g/mol. The second-order valence-corrected chi connectivity index (χ2v) is 4.01. The highest BCUT2D eigenvalue weighted by Crippen LogP contribution is 2.20. The Hall–Kier alpha value is -1.55. The van der Waals surface area contributed by atoms with Crippen LogP contribution in [0, 0.1) is 0 Å². The summed E-state index contributed by atoms with van der Waals surface area (Å²) in [5.74, 6) is 0.206. The van der Waals surface area contributed by atoms with Crippen LogP contribution in [0.25, 0.3) is 0 Å². The highest BCUT2D eigenvalue weighted by Gasteiger charge is 2.15. The van der Waals surface area contributed by atoms with E-state index in [2.05, 4.69) is 0 Å². The minimum absolute atomic E-state index is 0.341. The fourth-order valence-electron chi connectivity index (χ4n) is 1.52. The van der Waals surface area contributed by atoms with E-state index >= 15 is 0 Å². The van der Waals surface area contributed by atoms with E-state index in [1.165, 1.54) is 0 Å². The molecule has 0 aliphatic heterocycles. The molecule has 0 fully saturated rings. The smallest absolute Gasteiger partial charge is 0.347 e. The summed E-state index contributed by atoms with van der Waals surface area (Å²) in [6.07, 6.45) is -0.423. The lowest BCUT2D eigenvalue weighted by atomic mass is 10.1. The van der Waals surface area contributed by atoms with Crippen LogP contribution in [0.4, 0.5) is 0 Å². The number of carbonyl (C=O) groups excluding carboxylic acids is 1. The molecule has 18 heavy (non-hydrogen) atoms. The fourth-order valence-corrected chi connectivity index (χ4v) is 1.52. The molecule has 0 aromatic heterocycles. The van der Waals surface area contributed by atoms with Crippen LogP contribution >= 0.6 is 0 Å². The van der Waals surface area contributed by atoms with Gasteiger partial charge in [-0.2, -0.15) is 0 Å². The standard InChI is InChI=1S/C14H20O4/c1-4-13(15)11-6-8-12(9-7-11)18-10(3)14(16)17-5-2/h6-10,13,15H,4-5H2,1-3H3/t10?,13-/m1/s1. The van der Waals surface area contributed by atoms with Gasteiger partial charge in [0.05, 0.1) is 12.7 Å². The summed E-state index contributed by atoms with van der Waals surface area (Å²) in [4.78, 5) is 11.4. The zero-order valence-electron chi connectivity index (χ0n) is 11.1. The molecule has 0 aliphatic carbocycles. The molecule has 4 heteroatoms. The van der Waals surface area contributed by atoms with Crippen molar-refractivity contribution in [3.05, 3.63) is 29.8 Å². The summed E-state index contributed by atoms with van der Waals surface area (Å²) in [5, 5.41) is 9.65. The second-order valence-electron chi connectivity index (χ2n) is 4.01. The number of aliphatic hydroxyl groups excluding tert-OH is 1. The molecule has 0 aliphatic rings. The summed E-state index contributed by atoms with van der Waals surface area (Å²) in [6.45, 7) is 5.66. The van der Waals surface area contributed by atoms with Crippen molar-refractivity contribution >= 4 is 5.97 Å². The maximum atomic E-state index is 11.4. The molecule has 2 atom stereocenters. The SMILES string of the molecule is CCOC(=O)C(C)Oc1ccc([C@H](O)CC)cc1. The Labute approximate surface area is 108 Å². The van der Waals surface area contributed by atoms with E-state index < -0.39 is 12.2 Å². The van der Waals surface area contributed by atoms with Crippen molar-refractivity contribution in [2.45, 2.75) is 39.4 Å². The normalized spacial score (nSPS) is 13.8. The van der Waals surface area contributed by atoms with Gasteiger partial charge >= 0.3 is 5.97 Å². The molecule has 100 valence electrons. The predicted molar refractivity (Wildman–Crippen MR) is 68.4 cm³/mol. The van der Waals surface area contributed by atoms with E-state index in [9.17, 15) is 9.90 Å². The summed E-state index contributed by atoms with van der Waals surface area (Å²) < 4.78 is 10.3. The summed E-state index contributed by atoms with van der Waals surface area (Å²) in [6, 6.07) is 7.07. The van der Waals surface area contributed by atoms with Crippen molar-refractivity contribution < 1.29 is 19.4 Å². The summed E-state index contributed by atoms with van der Waals surface area (Å²) in [7, 11) is 0. The Morgan fingerprint density at radius 1 is 1.28 bits per heavy atom. The highest BCUT2D eigenvalue weighted by molar-refractivity contribution is 5.74. The van der Waals surface area contributed by atoms with Crippen LogP contribution in [-0.2, 0) is 9.53 Å². The number of hydrogen-bond acceptors (Lipinski definition) is 4. The molecule has 0 bridgehead atoms. The van der Waals surface area contributed by atoms with Crippen molar-refractivity contribution in [2.24, 2.45) is 0 Å². The first-order valence-corrected chi connectivity index (χ1v) is 6.19. The number of hydrogen-bond donors (Lipinski definition) is 1. The van der Waals surface area contributed by atoms with Crippen LogP contribution in [0.1, 0.15) is 38.9 Å². The topological polar surface area (TPSA) is 55.8 Å². The maximum Gasteiger partial charge on any atom is 0.347 e. The van der Waals surface area contributed by atoms with Gasteiger partial charge in [0, 0.05) is 0 Å². The average molecular weight is 252 g/mol. The van der Waals surface area contributed by atoms with Crippen molar-refractivity contribution in [1.82, 2.24) is 0 Å². The van der Waals surface area contributed by atoms with Crippen LogP contribution in [0.3, 0.4) is 0 Å². The van der Waals surface area contributed by atoms with E-state index in [1.54, 1.807) is 38.1 Å². The van der Waals surface area contributed by atoms with Gasteiger partial charge in [-0.25, -0.2) is 4.79 Å². The molecule has 0 amide bonds. The third-order valence-corrected chi connectivity index (χ3v) is 2.58. The van der Waals surface area contributed by atoms with E-state index in [-0.39, 0.29) is 5.97 Å². The highest BCUT2D eigenvalue weighted by atomic mass is 16.6. The van der Waals surface area contributed by atoms with Gasteiger partial charge < -0.3 is 14.6 Å². The molecule has 0 saturated carbocycles. The first kappa shape index (κ1) is 14.5. The molecule has 1 aromatic carbocycles. The lowest BCUT2D eigenvalue weighted by molar-refractivity contribution is -0.150. The Morgan fingerprint density at radius 2 is 1.89 bits per heavy atom. The van der Waals surface area contributed by atoms with Gasteiger partial charge in [0.25, 0.3) is 0 Å². The minimum Gasteiger partial charge on any atom is -0.479 e. The number of carbonyl (C=O) groups is 1. The van der Waals surface area contributed by atoms with Gasteiger partial charge in [-0.1, -0.05) is 19.1 Å². The maximum absolute atomic E-state index is 11.4. The first-order chi connectivity index (χ1) is 8.58. The Morgan fingerprint density at radius 3 is 2.39 bits per heavy atom. The zero-order chi connectivity index (χ0) is 13.5. The number of benzene rings is 1. The number of esters is 1. The lowest BCUT2D eigenvalue weighted by Crippen LogP contribution is -2.26. The Bertz CT molecular complexity index is 372. The van der Waals surface area contributed by atoms with E-state index in [4.69, 9.17) is 9.47 Å². The monoisotopic (exact) mass is 252 g/mol. The fraction of sp³-hybridized carbons (Fsp3) is 0.500. The minimum atomic E-state index is -0.633. The quantitative estimate of drug-likeness (QED) is 0.790. The molecule has 0 heterocycles. The molecule has 1 aromatic rings. The van der Waals surface area contributed by atoms with Crippen molar-refractivity contribution in [2.75, 3.05) is 6.61 Å². The summed E-state index contributed by atoms with van der Waals surface area (Å²) in [5.41, 5.74) is 0.841. The van der Waals surface area contributed by atoms with Gasteiger partial charge in [-0.15, -0.1) is 0 Å². The summed E-state index contributed by atoms with van der Waals surface area (Å²) >= 11 is 0. The van der Waals surface area contributed by atoms with Crippen LogP contribution in [0.2, 0.25) is 0 Å². The number of ether oxygens (including phenoxy) is 2. The number of rotatable bonds is 6. The lowest BCUT2D eigenvalue weighted by Gasteiger charge is -2.14. The molecule has 0 spiro atoms. The molecule has 1 rings (SSSR count). The molecule has 1 N–H and O–H groups in total. The van der Waals surface area contributed by atoms with E-state index in [0.717, 1.165) is 5.56 Å². The van der Waals surface area contributed by atoms with Crippen LogP contribution in [0.15, 0.2) is 24.3 Å². The average Bonchev–Trinajstić information content (AvgIpc) is 2.39. The van der Waals surface area contributed by atoms with E-state index in [1.807, 2.05) is 6.92 Å². The van der Waals surface area contributed by atoms with Crippen molar-refractivity contribution in [3.8, 4) is 5.75 Å². The Kier molecular flexibility index (Phi) is 5.65.